The zero-order valence-corrected chi connectivity index (χ0v) is 27.0. The SMILES string of the molecule is C/C=C/CC/C=C/CC/C=C/C(O)C(COP(=O)(O)OCCN)NC(=O)CC(O)CCC/C=C\CCCCCCCC. The average molecular weight is 615 g/mol. The molecule has 0 radical (unpaired) electrons. The molecule has 6 N–H and O–H groups in total. The van der Waals surface area contributed by atoms with Gasteiger partial charge in [-0.3, -0.25) is 13.8 Å². The fraction of sp³-hybridized carbons (Fsp3) is 0.719. The van der Waals surface area contributed by atoms with Crippen LogP contribution >= 0.6 is 7.82 Å². The Balaban J connectivity index is 4.65. The average Bonchev–Trinajstić information content (AvgIpc) is 2.96. The van der Waals surface area contributed by atoms with Crippen LogP contribution in [0.15, 0.2) is 48.6 Å². The van der Waals surface area contributed by atoms with E-state index in [1.54, 1.807) is 6.08 Å². The summed E-state index contributed by atoms with van der Waals surface area (Å²) in [7, 11) is -4.40. The van der Waals surface area contributed by atoms with E-state index in [1.165, 1.54) is 44.6 Å². The molecule has 0 aliphatic rings. The van der Waals surface area contributed by atoms with Gasteiger partial charge in [0.2, 0.25) is 5.91 Å². The molecule has 0 saturated heterocycles. The van der Waals surface area contributed by atoms with Crippen molar-refractivity contribution in [2.45, 2.75) is 128 Å². The highest BCUT2D eigenvalue weighted by molar-refractivity contribution is 7.47. The van der Waals surface area contributed by atoms with Crippen LogP contribution in [-0.4, -0.2) is 59.0 Å². The van der Waals surface area contributed by atoms with E-state index in [9.17, 15) is 24.5 Å². The Morgan fingerprint density at radius 1 is 0.857 bits per heavy atom. The van der Waals surface area contributed by atoms with Gasteiger partial charge >= 0.3 is 7.82 Å². The van der Waals surface area contributed by atoms with Gasteiger partial charge in [0.05, 0.1) is 37.9 Å². The van der Waals surface area contributed by atoms with Crippen molar-refractivity contribution >= 4 is 13.7 Å². The molecule has 0 aliphatic carbocycles. The number of unbranched alkanes of at least 4 members (excludes halogenated alkanes) is 9. The van der Waals surface area contributed by atoms with Crippen molar-refractivity contribution < 1.29 is 33.5 Å². The largest absolute Gasteiger partial charge is 0.472 e. The van der Waals surface area contributed by atoms with Gasteiger partial charge in [0.1, 0.15) is 0 Å². The Bertz CT molecular complexity index is 817. The summed E-state index contributed by atoms with van der Waals surface area (Å²) in [4.78, 5) is 22.4. The van der Waals surface area contributed by atoms with Gasteiger partial charge in [0.15, 0.2) is 0 Å². The molecule has 4 atom stereocenters. The number of amides is 1. The number of allylic oxidation sites excluding steroid dienone is 7. The molecule has 1 amide bonds. The molecular weight excluding hydrogens is 555 g/mol. The maximum atomic E-state index is 12.6. The first-order valence-corrected chi connectivity index (χ1v) is 17.3. The minimum atomic E-state index is -4.40. The molecule has 42 heavy (non-hydrogen) atoms. The number of aliphatic hydroxyl groups is 2. The molecule has 4 unspecified atom stereocenters. The van der Waals surface area contributed by atoms with Crippen molar-refractivity contribution in [3.8, 4) is 0 Å². The minimum Gasteiger partial charge on any atom is -0.393 e. The van der Waals surface area contributed by atoms with Crippen LogP contribution in [0.2, 0.25) is 0 Å². The Hall–Kier alpha value is -1.58. The summed E-state index contributed by atoms with van der Waals surface area (Å²) in [5.74, 6) is -0.484. The number of nitrogens with one attached hydrogen (secondary N) is 1. The maximum absolute atomic E-state index is 12.6. The Kier molecular flexibility index (Phi) is 27.1. The zero-order chi connectivity index (χ0) is 31.3. The first-order valence-electron chi connectivity index (χ1n) is 15.8. The Morgan fingerprint density at radius 3 is 2.12 bits per heavy atom. The number of aliphatic hydroxyl groups excluding tert-OH is 2. The number of hydrogen-bond acceptors (Lipinski definition) is 7. The third-order valence-corrected chi connectivity index (χ3v) is 7.49. The summed E-state index contributed by atoms with van der Waals surface area (Å²) in [5, 5.41) is 23.6. The molecule has 0 aromatic carbocycles. The van der Waals surface area contributed by atoms with Gasteiger partial charge in [0, 0.05) is 6.54 Å². The smallest absolute Gasteiger partial charge is 0.393 e. The highest BCUT2D eigenvalue weighted by Crippen LogP contribution is 2.43. The number of rotatable bonds is 28. The lowest BCUT2D eigenvalue weighted by molar-refractivity contribution is -0.124. The normalized spacial score (nSPS) is 16.0. The second-order valence-electron chi connectivity index (χ2n) is 10.5. The molecule has 0 saturated carbocycles. The summed E-state index contributed by atoms with van der Waals surface area (Å²) < 4.78 is 21.8. The maximum Gasteiger partial charge on any atom is 0.472 e. The van der Waals surface area contributed by atoms with Crippen LogP contribution in [0.5, 0.6) is 0 Å². The van der Waals surface area contributed by atoms with Crippen molar-refractivity contribution in [1.82, 2.24) is 5.32 Å². The van der Waals surface area contributed by atoms with Gasteiger partial charge in [-0.2, -0.15) is 0 Å². The van der Waals surface area contributed by atoms with E-state index in [0.29, 0.717) is 12.8 Å². The van der Waals surface area contributed by atoms with E-state index in [1.807, 2.05) is 13.0 Å². The number of hydrogen-bond donors (Lipinski definition) is 5. The van der Waals surface area contributed by atoms with Crippen LogP contribution in [-0.2, 0) is 18.4 Å². The van der Waals surface area contributed by atoms with Crippen molar-refractivity contribution in [2.75, 3.05) is 19.8 Å². The van der Waals surface area contributed by atoms with Gasteiger partial charge in [-0.25, -0.2) is 4.57 Å². The fourth-order valence-electron chi connectivity index (χ4n) is 4.09. The van der Waals surface area contributed by atoms with E-state index >= 15 is 0 Å². The quantitative estimate of drug-likeness (QED) is 0.0386. The molecule has 0 rings (SSSR count). The van der Waals surface area contributed by atoms with Crippen molar-refractivity contribution in [3.05, 3.63) is 48.6 Å². The monoisotopic (exact) mass is 614 g/mol. The summed E-state index contributed by atoms with van der Waals surface area (Å²) >= 11 is 0. The topological polar surface area (TPSA) is 151 Å². The predicted octanol–water partition coefficient (Wildman–Crippen LogP) is 6.40. The van der Waals surface area contributed by atoms with E-state index in [2.05, 4.69) is 42.6 Å². The van der Waals surface area contributed by atoms with Gasteiger partial charge in [-0.05, 0) is 64.7 Å². The van der Waals surface area contributed by atoms with Crippen LogP contribution in [0.1, 0.15) is 110 Å². The lowest BCUT2D eigenvalue weighted by Gasteiger charge is -2.24. The van der Waals surface area contributed by atoms with Crippen LogP contribution in [0, 0.1) is 0 Å². The molecule has 0 spiro atoms. The van der Waals surface area contributed by atoms with Crippen LogP contribution in [0.25, 0.3) is 0 Å². The third kappa shape index (κ3) is 26.1. The molecule has 0 heterocycles. The van der Waals surface area contributed by atoms with Gasteiger partial charge in [-0.15, -0.1) is 0 Å². The Morgan fingerprint density at radius 2 is 1.45 bits per heavy atom. The summed E-state index contributed by atoms with van der Waals surface area (Å²) in [6.07, 6.45) is 28.1. The molecule has 244 valence electrons. The number of carbonyl (C=O) groups is 1. The molecule has 10 heteroatoms. The summed E-state index contributed by atoms with van der Waals surface area (Å²) in [6.45, 7) is 3.62. The number of carbonyl (C=O) groups excluding carboxylic acids is 1. The molecule has 9 nitrogen and oxygen atoms in total. The molecule has 0 fully saturated rings. The van der Waals surface area contributed by atoms with Crippen molar-refractivity contribution in [2.24, 2.45) is 5.73 Å². The van der Waals surface area contributed by atoms with Gasteiger partial charge in [0.25, 0.3) is 0 Å². The van der Waals surface area contributed by atoms with Crippen LogP contribution in [0.4, 0.5) is 0 Å². The molecular formula is C32H59N2O7P. The highest BCUT2D eigenvalue weighted by Gasteiger charge is 2.27. The number of nitrogens with two attached hydrogens (primary N) is 1. The molecule has 0 aromatic heterocycles. The molecule has 0 aliphatic heterocycles. The van der Waals surface area contributed by atoms with E-state index in [0.717, 1.165) is 38.5 Å². The van der Waals surface area contributed by atoms with E-state index in [-0.39, 0.29) is 19.6 Å². The first-order chi connectivity index (χ1) is 20.3. The second-order valence-corrected chi connectivity index (χ2v) is 11.9. The minimum absolute atomic E-state index is 0.0377. The van der Waals surface area contributed by atoms with Crippen LogP contribution in [0.3, 0.4) is 0 Å². The van der Waals surface area contributed by atoms with Crippen molar-refractivity contribution in [3.63, 3.8) is 0 Å². The number of phosphoric acid groups is 1. The lowest BCUT2D eigenvalue weighted by atomic mass is 10.1. The van der Waals surface area contributed by atoms with Gasteiger partial charge in [-0.1, -0.05) is 87.6 Å². The van der Waals surface area contributed by atoms with E-state index in [4.69, 9.17) is 14.8 Å². The zero-order valence-electron chi connectivity index (χ0n) is 26.1. The molecule has 0 aromatic rings. The van der Waals surface area contributed by atoms with Crippen LogP contribution < -0.4 is 11.1 Å². The van der Waals surface area contributed by atoms with Crippen molar-refractivity contribution in [1.29, 1.82) is 0 Å². The summed E-state index contributed by atoms with van der Waals surface area (Å²) in [5.41, 5.74) is 5.31. The van der Waals surface area contributed by atoms with E-state index < -0.39 is 38.6 Å². The predicted molar refractivity (Wildman–Crippen MR) is 172 cm³/mol. The fourth-order valence-corrected chi connectivity index (χ4v) is 4.85. The number of phosphoric ester groups is 1. The highest BCUT2D eigenvalue weighted by atomic mass is 31.2. The van der Waals surface area contributed by atoms with Gasteiger partial charge < -0.3 is 26.2 Å². The summed E-state index contributed by atoms with van der Waals surface area (Å²) in [6, 6.07) is -1.01. The standard InChI is InChI=1S/C32H59N2O7P/c1-3-5-7-9-11-13-14-16-17-19-21-23-29(35)27-32(37)34-30(28-41-42(38,39)40-26-25-33)31(36)24-22-20-18-15-12-10-8-6-4-2/h4,6,12,15-17,22,24,29-31,35-36H,3,5,7-11,13-14,18-21,23,25-28,33H2,1-2H3,(H,34,37)(H,38,39)/b6-4+,15-12+,17-16-,24-22+. The lowest BCUT2D eigenvalue weighted by Crippen LogP contribution is -2.46. The first kappa shape index (κ1) is 40.4. The third-order valence-electron chi connectivity index (χ3n) is 6.50. The molecule has 0 bridgehead atoms. The Labute approximate surface area is 255 Å². The second kappa shape index (κ2) is 28.2.